The van der Waals surface area contributed by atoms with E-state index in [1.165, 1.54) is 0 Å². The Hall–Kier alpha value is -1.85. The lowest BCUT2D eigenvalue weighted by molar-refractivity contribution is -0.171. The molecule has 0 aliphatic carbocycles. The van der Waals surface area contributed by atoms with Crippen molar-refractivity contribution in [3.8, 4) is 0 Å². The summed E-state index contributed by atoms with van der Waals surface area (Å²) < 4.78 is 0. The molecule has 11 heteroatoms. The van der Waals surface area contributed by atoms with Crippen LogP contribution in [0.2, 0.25) is 0 Å². The Labute approximate surface area is 148 Å². The molecule has 0 aromatic heterocycles. The average Bonchev–Trinajstić information content (AvgIpc) is 3.19. The number of hydrogen-bond acceptors (Lipinski definition) is 7. The summed E-state index contributed by atoms with van der Waals surface area (Å²) in [5, 5.41) is 23.4. The lowest BCUT2D eigenvalue weighted by atomic mass is 10.0. The summed E-state index contributed by atoms with van der Waals surface area (Å²) in [6.45, 7) is 0. The van der Waals surface area contributed by atoms with Gasteiger partial charge in [-0.25, -0.2) is 4.79 Å². The molecule has 25 heavy (non-hydrogen) atoms. The number of amides is 4. The minimum atomic E-state index is -0.946. The molecule has 1 unspecified atom stereocenters. The molecule has 3 heterocycles. The number of nitrogens with two attached hydrogens (primary N) is 1. The summed E-state index contributed by atoms with van der Waals surface area (Å²) in [5.41, 5.74) is 5.44. The third-order valence-electron chi connectivity index (χ3n) is 4.28. The molecular weight excluding hydrogens is 352 g/mol. The second kappa shape index (κ2) is 8.50. The van der Waals surface area contributed by atoms with Crippen molar-refractivity contribution >= 4 is 35.6 Å². The number of nitrogens with zero attached hydrogens (tertiary/aromatic N) is 1. The highest BCUT2D eigenvalue weighted by Gasteiger charge is 2.42. The van der Waals surface area contributed by atoms with Gasteiger partial charge in [0, 0.05) is 23.8 Å². The second-order valence-corrected chi connectivity index (χ2v) is 7.37. The number of carbonyl (C=O) groups excluding carboxylic acids is 3. The third kappa shape index (κ3) is 5.06. The number of carboxylic acid groups (broad SMARTS) is 1. The quantitative estimate of drug-likeness (QED) is 0.239. The summed E-state index contributed by atoms with van der Waals surface area (Å²) >= 11 is 1.83. The fraction of sp³-hybridized carbons (Fsp3) is 0.714. The molecule has 4 atom stereocenters. The largest absolute Gasteiger partial charge is 0.480 e. The first kappa shape index (κ1) is 19.5. The number of hydrogen-bond donors (Lipinski definition) is 5. The van der Waals surface area contributed by atoms with Crippen molar-refractivity contribution in [1.29, 1.82) is 0 Å². The molecule has 3 fully saturated rings. The predicted molar refractivity (Wildman–Crippen MR) is 87.8 cm³/mol. The number of fused-ring (bicyclic) bond motifs is 1. The van der Waals surface area contributed by atoms with Crippen molar-refractivity contribution in [2.45, 2.75) is 55.5 Å². The fourth-order valence-electron chi connectivity index (χ4n) is 2.87. The summed E-state index contributed by atoms with van der Waals surface area (Å²) in [7, 11) is 0. The van der Waals surface area contributed by atoms with Crippen LogP contribution in [0.1, 0.15) is 32.1 Å². The Morgan fingerprint density at radius 3 is 2.44 bits per heavy atom. The fourth-order valence-corrected chi connectivity index (χ4v) is 4.41. The van der Waals surface area contributed by atoms with E-state index in [-0.39, 0.29) is 36.0 Å². The number of rotatable bonds is 5. The van der Waals surface area contributed by atoms with Gasteiger partial charge in [-0.2, -0.15) is 16.8 Å². The van der Waals surface area contributed by atoms with Crippen molar-refractivity contribution in [2.24, 2.45) is 5.73 Å². The van der Waals surface area contributed by atoms with E-state index in [1.54, 1.807) is 0 Å². The number of nitrogens with one attached hydrogen (secondary N) is 2. The zero-order valence-electron chi connectivity index (χ0n) is 13.5. The highest BCUT2D eigenvalue weighted by molar-refractivity contribution is 8.00. The Bertz CT molecular complexity index is 543. The maximum atomic E-state index is 11.1. The van der Waals surface area contributed by atoms with Gasteiger partial charge in [-0.1, -0.05) is 6.42 Å². The van der Waals surface area contributed by atoms with Crippen LogP contribution in [0, 0.1) is 0 Å². The molecule has 6 N–H and O–H groups in total. The molecule has 3 aliphatic heterocycles. The standard InChI is InChI=1S/C10H17N3O3S.C4H5NO3/c11-5(9(14)15)2-1-3-7-8-6(4-17-7)12-10(16)13-8;6-3-1-2-4(7)5(3)8/h5-8H,1-4,11H2,(H,14,15)(H2,12,13,16);8H,1-2H2/t5?,6-,7-,8-;/m0./s1. The first-order valence-electron chi connectivity index (χ1n) is 8.01. The maximum Gasteiger partial charge on any atom is 0.320 e. The number of carbonyl (C=O) groups is 4. The molecule has 3 saturated heterocycles. The van der Waals surface area contributed by atoms with Gasteiger partial charge in [0.25, 0.3) is 11.8 Å². The van der Waals surface area contributed by atoms with E-state index < -0.39 is 23.8 Å². The van der Waals surface area contributed by atoms with Crippen LogP contribution in [-0.4, -0.2) is 68.3 Å². The van der Waals surface area contributed by atoms with Gasteiger partial charge < -0.3 is 21.5 Å². The van der Waals surface area contributed by atoms with Gasteiger partial charge in [0.2, 0.25) is 0 Å². The second-order valence-electron chi connectivity index (χ2n) is 6.10. The minimum Gasteiger partial charge on any atom is -0.480 e. The SMILES string of the molecule is NC(CCC[C@@H]1SC[C@@H]2NC(=O)N[C@@H]21)C(=O)O.O=C1CCC(=O)N1O. The normalized spacial score (nSPS) is 28.8. The van der Waals surface area contributed by atoms with E-state index >= 15 is 0 Å². The van der Waals surface area contributed by atoms with Crippen LogP contribution in [0.25, 0.3) is 0 Å². The monoisotopic (exact) mass is 374 g/mol. The average molecular weight is 374 g/mol. The van der Waals surface area contributed by atoms with Gasteiger partial charge >= 0.3 is 12.0 Å². The van der Waals surface area contributed by atoms with E-state index in [4.69, 9.17) is 16.0 Å². The van der Waals surface area contributed by atoms with E-state index in [0.29, 0.717) is 11.7 Å². The number of imide groups is 1. The van der Waals surface area contributed by atoms with E-state index in [0.717, 1.165) is 18.6 Å². The van der Waals surface area contributed by atoms with E-state index in [1.807, 2.05) is 11.8 Å². The smallest absolute Gasteiger partial charge is 0.320 e. The van der Waals surface area contributed by atoms with Gasteiger partial charge in [0.15, 0.2) is 0 Å². The van der Waals surface area contributed by atoms with Gasteiger partial charge in [-0.05, 0) is 12.8 Å². The molecule has 3 rings (SSSR count). The molecule has 0 bridgehead atoms. The van der Waals surface area contributed by atoms with Gasteiger partial charge in [0.1, 0.15) is 6.04 Å². The van der Waals surface area contributed by atoms with Crippen molar-refractivity contribution in [2.75, 3.05) is 5.75 Å². The molecule has 10 nitrogen and oxygen atoms in total. The number of aliphatic carboxylic acids is 1. The van der Waals surface area contributed by atoms with Crippen LogP contribution in [0.4, 0.5) is 4.79 Å². The third-order valence-corrected chi connectivity index (χ3v) is 5.79. The minimum absolute atomic E-state index is 0.0902. The first-order valence-corrected chi connectivity index (χ1v) is 9.06. The molecule has 0 aromatic rings. The van der Waals surface area contributed by atoms with Crippen molar-refractivity contribution in [1.82, 2.24) is 15.7 Å². The Balaban J connectivity index is 0.000000236. The number of hydroxylamine groups is 2. The molecular formula is C14H22N4O6S. The molecule has 3 aliphatic rings. The van der Waals surface area contributed by atoms with Crippen LogP contribution >= 0.6 is 11.8 Å². The predicted octanol–water partition coefficient (Wildman–Crippen LogP) is -0.741. The Morgan fingerprint density at radius 1 is 1.28 bits per heavy atom. The Morgan fingerprint density at radius 2 is 1.92 bits per heavy atom. The molecule has 4 amide bonds. The zero-order valence-corrected chi connectivity index (χ0v) is 14.3. The maximum absolute atomic E-state index is 11.1. The topological polar surface area (TPSA) is 162 Å². The summed E-state index contributed by atoms with van der Waals surface area (Å²) in [5.74, 6) is -1.03. The van der Waals surface area contributed by atoms with Gasteiger partial charge in [0.05, 0.1) is 12.1 Å². The van der Waals surface area contributed by atoms with Gasteiger partial charge in [-0.15, -0.1) is 0 Å². The summed E-state index contributed by atoms with van der Waals surface area (Å²) in [6.07, 6.45) is 2.47. The zero-order chi connectivity index (χ0) is 18.6. The van der Waals surface area contributed by atoms with Crippen LogP contribution < -0.4 is 16.4 Å². The summed E-state index contributed by atoms with van der Waals surface area (Å²) in [4.78, 5) is 42.2. The highest BCUT2D eigenvalue weighted by atomic mass is 32.2. The van der Waals surface area contributed by atoms with Crippen LogP contribution in [0.3, 0.4) is 0 Å². The van der Waals surface area contributed by atoms with Crippen LogP contribution in [0.5, 0.6) is 0 Å². The molecule has 140 valence electrons. The van der Waals surface area contributed by atoms with Crippen molar-refractivity contribution in [3.05, 3.63) is 0 Å². The molecule has 0 saturated carbocycles. The Kier molecular flexibility index (Phi) is 6.62. The highest BCUT2D eigenvalue weighted by Crippen LogP contribution is 2.33. The summed E-state index contributed by atoms with van der Waals surface area (Å²) in [6, 6.07) is -0.444. The van der Waals surface area contributed by atoms with Crippen LogP contribution in [0.15, 0.2) is 0 Å². The molecule has 0 spiro atoms. The first-order chi connectivity index (χ1) is 11.8. The lowest BCUT2D eigenvalue weighted by Crippen LogP contribution is -2.37. The van der Waals surface area contributed by atoms with Crippen LogP contribution in [-0.2, 0) is 14.4 Å². The number of thioether (sulfide) groups is 1. The number of carboxylic acids is 1. The van der Waals surface area contributed by atoms with Crippen molar-refractivity contribution in [3.63, 3.8) is 0 Å². The van der Waals surface area contributed by atoms with Gasteiger partial charge in [-0.3, -0.25) is 19.6 Å². The van der Waals surface area contributed by atoms with Crippen molar-refractivity contribution < 1.29 is 29.5 Å². The number of urea groups is 1. The lowest BCUT2D eigenvalue weighted by Gasteiger charge is -2.16. The molecule has 0 radical (unpaired) electrons. The van der Waals surface area contributed by atoms with E-state index in [2.05, 4.69) is 10.6 Å². The van der Waals surface area contributed by atoms with E-state index in [9.17, 15) is 19.2 Å². The molecule has 0 aromatic carbocycles.